The van der Waals surface area contributed by atoms with Crippen LogP contribution in [0.25, 0.3) is 17.0 Å². The number of hydrogen-bond donors (Lipinski definition) is 0. The highest BCUT2D eigenvalue weighted by atomic mass is 35.5. The predicted octanol–water partition coefficient (Wildman–Crippen LogP) is 2.86. The third kappa shape index (κ3) is 5.12. The van der Waals surface area contributed by atoms with Crippen molar-refractivity contribution < 1.29 is 27.4 Å². The lowest BCUT2D eigenvalue weighted by molar-refractivity contribution is 0.0356. The second kappa shape index (κ2) is 10.4. The van der Waals surface area contributed by atoms with Crippen molar-refractivity contribution in [3.8, 4) is 5.95 Å². The summed E-state index contributed by atoms with van der Waals surface area (Å²) >= 11 is 6.30. The van der Waals surface area contributed by atoms with Gasteiger partial charge in [0.2, 0.25) is 5.95 Å². The van der Waals surface area contributed by atoms with Gasteiger partial charge in [-0.15, -0.1) is 0 Å². The summed E-state index contributed by atoms with van der Waals surface area (Å²) < 4.78 is 44.1. The monoisotopic (exact) mass is 484 g/mol. The fraction of sp³-hybridized carbons (Fsp3) is 0.450. The molecule has 10 nitrogen and oxygen atoms in total. The highest BCUT2D eigenvalue weighted by molar-refractivity contribution is 7.91. The molecule has 12 heteroatoms. The summed E-state index contributed by atoms with van der Waals surface area (Å²) in [5.74, 6) is -0.200. The fourth-order valence-corrected chi connectivity index (χ4v) is 5.00. The van der Waals surface area contributed by atoms with Crippen LogP contribution in [0, 0.1) is 0 Å². The summed E-state index contributed by atoms with van der Waals surface area (Å²) in [4.78, 5) is 16.6. The molecule has 2 aromatic heterocycles. The smallest absolute Gasteiger partial charge is 0.341 e. The lowest BCUT2D eigenvalue weighted by Crippen LogP contribution is -2.12. The Hall–Kier alpha value is -2.47. The van der Waals surface area contributed by atoms with E-state index in [1.54, 1.807) is 25.5 Å². The second-order valence-electron chi connectivity index (χ2n) is 6.85. The largest absolute Gasteiger partial charge is 0.462 e. The van der Waals surface area contributed by atoms with Gasteiger partial charge in [-0.25, -0.2) is 22.9 Å². The van der Waals surface area contributed by atoms with E-state index < -0.39 is 15.8 Å². The molecule has 174 valence electrons. The average molecular weight is 485 g/mol. The van der Waals surface area contributed by atoms with E-state index in [4.69, 9.17) is 25.8 Å². The Labute approximate surface area is 190 Å². The molecule has 0 N–H and O–H groups in total. The van der Waals surface area contributed by atoms with Crippen LogP contribution in [0.1, 0.15) is 30.6 Å². The van der Waals surface area contributed by atoms with Crippen LogP contribution < -0.4 is 0 Å². The third-order valence-electron chi connectivity index (χ3n) is 4.54. The highest BCUT2D eigenvalue weighted by Gasteiger charge is 2.22. The molecule has 3 aromatic rings. The SMILES string of the molecule is CCCS(=O)(=O)c1cc2c(cc1Cl)nc(-n1cc(C(=O)OCC)cn1)n2COCCOC. The molecule has 0 unspecified atom stereocenters. The number of esters is 1. The minimum Gasteiger partial charge on any atom is -0.462 e. The number of aromatic nitrogens is 4. The number of nitrogens with zero attached hydrogens (tertiary/aromatic N) is 4. The molecule has 0 bridgehead atoms. The summed E-state index contributed by atoms with van der Waals surface area (Å²) in [5.41, 5.74) is 1.23. The highest BCUT2D eigenvalue weighted by Crippen LogP contribution is 2.30. The average Bonchev–Trinajstić information content (AvgIpc) is 3.35. The van der Waals surface area contributed by atoms with E-state index in [1.165, 1.54) is 29.2 Å². The van der Waals surface area contributed by atoms with Crippen molar-refractivity contribution in [3.63, 3.8) is 0 Å². The molecular formula is C20H25ClN4O6S. The van der Waals surface area contributed by atoms with Gasteiger partial charge in [0.25, 0.3) is 0 Å². The summed E-state index contributed by atoms with van der Waals surface area (Å²) in [7, 11) is -2.00. The van der Waals surface area contributed by atoms with Gasteiger partial charge in [-0.3, -0.25) is 4.57 Å². The molecule has 0 aliphatic rings. The number of ether oxygens (including phenoxy) is 3. The van der Waals surface area contributed by atoms with Crippen LogP contribution in [0.2, 0.25) is 5.02 Å². The van der Waals surface area contributed by atoms with Gasteiger partial charge in [-0.1, -0.05) is 18.5 Å². The normalized spacial score (nSPS) is 11.9. The molecule has 0 saturated carbocycles. The number of methoxy groups -OCH3 is 1. The van der Waals surface area contributed by atoms with Gasteiger partial charge in [0.1, 0.15) is 6.73 Å². The van der Waals surface area contributed by atoms with Gasteiger partial charge < -0.3 is 14.2 Å². The van der Waals surface area contributed by atoms with E-state index in [0.29, 0.717) is 36.6 Å². The molecule has 0 amide bonds. The topological polar surface area (TPSA) is 115 Å². The van der Waals surface area contributed by atoms with Crippen LogP contribution in [0.5, 0.6) is 0 Å². The Kier molecular flexibility index (Phi) is 7.88. The number of benzene rings is 1. The zero-order valence-corrected chi connectivity index (χ0v) is 19.6. The van der Waals surface area contributed by atoms with Crippen LogP contribution in [-0.2, 0) is 30.8 Å². The number of hydrogen-bond acceptors (Lipinski definition) is 8. The maximum atomic E-state index is 12.7. The van der Waals surface area contributed by atoms with Crippen LogP contribution in [0.15, 0.2) is 29.4 Å². The fourth-order valence-electron chi connectivity index (χ4n) is 3.08. The Bertz CT molecular complexity index is 1200. The maximum absolute atomic E-state index is 12.7. The molecule has 32 heavy (non-hydrogen) atoms. The van der Waals surface area contributed by atoms with Crippen molar-refractivity contribution in [2.45, 2.75) is 31.9 Å². The second-order valence-corrected chi connectivity index (χ2v) is 9.34. The van der Waals surface area contributed by atoms with Crippen LogP contribution in [-0.4, -0.2) is 66.4 Å². The Morgan fingerprint density at radius 3 is 2.69 bits per heavy atom. The molecule has 0 saturated heterocycles. The quantitative estimate of drug-likeness (QED) is 0.301. The minimum atomic E-state index is -3.56. The summed E-state index contributed by atoms with van der Waals surface area (Å²) in [5, 5.41) is 4.31. The van der Waals surface area contributed by atoms with E-state index in [1.807, 2.05) is 0 Å². The molecule has 0 aliphatic heterocycles. The van der Waals surface area contributed by atoms with Crippen molar-refractivity contribution in [1.82, 2.24) is 19.3 Å². The van der Waals surface area contributed by atoms with Gasteiger partial charge in [0, 0.05) is 13.3 Å². The first-order valence-corrected chi connectivity index (χ1v) is 12.1. The molecular weight excluding hydrogens is 460 g/mol. The molecule has 3 rings (SSSR count). The molecule has 0 atom stereocenters. The van der Waals surface area contributed by atoms with Gasteiger partial charge in [0.15, 0.2) is 9.84 Å². The van der Waals surface area contributed by atoms with Crippen molar-refractivity contribution in [1.29, 1.82) is 0 Å². The molecule has 0 spiro atoms. The first kappa shape index (κ1) is 24.2. The predicted molar refractivity (Wildman–Crippen MR) is 118 cm³/mol. The van der Waals surface area contributed by atoms with Crippen molar-refractivity contribution in [2.75, 3.05) is 32.7 Å². The molecule has 1 aromatic carbocycles. The van der Waals surface area contributed by atoms with Gasteiger partial charge >= 0.3 is 5.97 Å². The van der Waals surface area contributed by atoms with Crippen LogP contribution in [0.4, 0.5) is 0 Å². The van der Waals surface area contributed by atoms with Crippen molar-refractivity contribution in [2.24, 2.45) is 0 Å². The Balaban J connectivity index is 2.12. The number of sulfone groups is 1. The van der Waals surface area contributed by atoms with Crippen LogP contribution >= 0.6 is 11.6 Å². The summed E-state index contributed by atoms with van der Waals surface area (Å²) in [6, 6.07) is 3.00. The molecule has 0 fully saturated rings. The zero-order chi connectivity index (χ0) is 23.3. The number of rotatable bonds is 11. The van der Waals surface area contributed by atoms with Crippen LogP contribution in [0.3, 0.4) is 0 Å². The number of halogens is 1. The first-order valence-electron chi connectivity index (χ1n) is 10.0. The first-order chi connectivity index (χ1) is 15.3. The number of carbonyl (C=O) groups is 1. The summed E-state index contributed by atoms with van der Waals surface area (Å²) in [6.45, 7) is 4.50. The Morgan fingerprint density at radius 2 is 2.00 bits per heavy atom. The standard InChI is InChI=1S/C20H25ClN4O6S/c1-4-8-32(27,28)18-10-17-16(9-15(18)21)23-20(24(17)13-30-7-6-29-3)25-12-14(11-22-25)19(26)31-5-2/h9-12H,4-8,13H2,1-3H3. The van der Waals surface area contributed by atoms with Crippen molar-refractivity contribution >= 4 is 38.4 Å². The van der Waals surface area contributed by atoms with Gasteiger partial charge in [-0.2, -0.15) is 5.10 Å². The minimum absolute atomic E-state index is 0.0222. The summed E-state index contributed by atoms with van der Waals surface area (Å²) in [6.07, 6.45) is 3.32. The lowest BCUT2D eigenvalue weighted by Gasteiger charge is -2.11. The molecule has 0 aliphatic carbocycles. The zero-order valence-electron chi connectivity index (χ0n) is 18.1. The maximum Gasteiger partial charge on any atom is 0.341 e. The Morgan fingerprint density at radius 1 is 1.22 bits per heavy atom. The van der Waals surface area contributed by atoms with Gasteiger partial charge in [-0.05, 0) is 25.5 Å². The van der Waals surface area contributed by atoms with E-state index in [0.717, 1.165) is 0 Å². The van der Waals surface area contributed by atoms with E-state index in [9.17, 15) is 13.2 Å². The van der Waals surface area contributed by atoms with Gasteiger partial charge in [0.05, 0.1) is 58.3 Å². The molecule has 0 radical (unpaired) electrons. The number of carbonyl (C=O) groups excluding carboxylic acids is 1. The van der Waals surface area contributed by atoms with E-state index in [2.05, 4.69) is 10.1 Å². The third-order valence-corrected chi connectivity index (χ3v) is 6.92. The van der Waals surface area contributed by atoms with E-state index >= 15 is 0 Å². The van der Waals surface area contributed by atoms with E-state index in [-0.39, 0.29) is 34.6 Å². The number of imidazole rings is 1. The van der Waals surface area contributed by atoms with Crippen molar-refractivity contribution in [3.05, 3.63) is 35.1 Å². The lowest BCUT2D eigenvalue weighted by atomic mass is 10.3. The molecule has 2 heterocycles. The number of fused-ring (bicyclic) bond motifs is 1.